The molecule has 10 aromatic rings. The van der Waals surface area contributed by atoms with Crippen LogP contribution >= 0.6 is 0 Å². The Balaban J connectivity index is 1.46. The molecule has 1 aromatic heterocycles. The van der Waals surface area contributed by atoms with Gasteiger partial charge in [-0.05, 0) is 71.1 Å². The van der Waals surface area contributed by atoms with E-state index in [-0.39, 0.29) is 251 Å². The van der Waals surface area contributed by atoms with Gasteiger partial charge in [0.25, 0.3) is 0 Å². The first-order valence-electron chi connectivity index (χ1n) is 22.0. The minimum atomic E-state index is -0.242. The lowest BCUT2D eigenvalue weighted by Crippen LogP contribution is -2.56. The molecule has 0 aliphatic heterocycles. The van der Waals surface area contributed by atoms with E-state index in [1.54, 1.807) is 0 Å². The molecule has 10 rings (SSSR count). The molecule has 1 heterocycles. The predicted molar refractivity (Wildman–Crippen MR) is 351 cm³/mol. The van der Waals surface area contributed by atoms with Gasteiger partial charge in [-0.2, -0.15) is 0 Å². The van der Waals surface area contributed by atoms with E-state index < -0.39 is 0 Å². The van der Waals surface area contributed by atoms with Crippen LogP contribution in [-0.4, -0.2) is 220 Å². The Labute approximate surface area is 472 Å². The normalized spacial score (nSPS) is 11.9. The van der Waals surface area contributed by atoms with Crippen molar-refractivity contribution in [3.05, 3.63) is 0 Å². The summed E-state index contributed by atoms with van der Waals surface area (Å²) >= 11 is 0. The summed E-state index contributed by atoms with van der Waals surface area (Å²) in [4.78, 5) is 0. The molecular weight excluding hydrogens is 871 g/mol. The van der Waals surface area contributed by atoms with Crippen LogP contribution in [0, 0.1) is 0 Å². The number of benzene rings is 9. The van der Waals surface area contributed by atoms with Gasteiger partial charge in [0.05, 0.1) is 0 Å². The third-order valence-electron chi connectivity index (χ3n) is 14.7. The van der Waals surface area contributed by atoms with Gasteiger partial charge in [-0.3, -0.25) is 0 Å². The average Bonchev–Trinajstić information content (AvgIpc) is 3.78. The molecule has 0 amide bonds. The summed E-state index contributed by atoms with van der Waals surface area (Å²) in [5, 5.41) is 0.377. The lowest BCUT2D eigenvalue weighted by atomic mass is 9.55. The number of rotatable bonds is 3. The van der Waals surface area contributed by atoms with E-state index in [1.807, 2.05) is 0 Å². The van der Waals surface area contributed by atoms with Crippen molar-refractivity contribution in [3.8, 4) is 33.4 Å². The highest BCUT2D eigenvalue weighted by atomic mass is 16.3. The van der Waals surface area contributed by atoms with Gasteiger partial charge in [-0.1, -0.05) is 104 Å². The summed E-state index contributed by atoms with van der Waals surface area (Å²) in [5.41, 5.74) is -4.37. The molecule has 0 bridgehead atoms. The molecule has 1 nitrogen and oxygen atoms in total. The molecule has 0 atom stereocenters. The molecule has 75 heavy (non-hydrogen) atoms. The molecule has 0 unspecified atom stereocenters. The zero-order chi connectivity index (χ0) is 55.3. The number of furan rings is 1. The van der Waals surface area contributed by atoms with Crippen LogP contribution in [0.25, 0.3) is 98.4 Å². The first-order chi connectivity index (χ1) is 35.0. The second-order valence-corrected chi connectivity index (χ2v) is 18.3. The molecular formula is C46B28O. The Kier molecular flexibility index (Phi) is 13.0. The maximum absolute atomic E-state index is 7.35. The number of hydrogen-bond donors (Lipinski definition) is 0. The molecule has 56 radical (unpaired) electrons. The van der Waals surface area contributed by atoms with E-state index in [1.165, 1.54) is 0 Å². The summed E-state index contributed by atoms with van der Waals surface area (Å²) in [6.45, 7) is 0. The molecule has 9 aromatic carbocycles. The van der Waals surface area contributed by atoms with Crippen molar-refractivity contribution >= 4 is 438 Å². The van der Waals surface area contributed by atoms with Crippen LogP contribution in [0.4, 0.5) is 0 Å². The quantitative estimate of drug-likeness (QED) is 0.127. The van der Waals surface area contributed by atoms with Gasteiger partial charge < -0.3 is 4.42 Å². The topological polar surface area (TPSA) is 13.1 Å². The van der Waals surface area contributed by atoms with Crippen molar-refractivity contribution in [1.82, 2.24) is 0 Å². The smallest absolute Gasteiger partial charge is 0.141 e. The highest BCUT2D eigenvalue weighted by Crippen LogP contribution is 2.40. The third kappa shape index (κ3) is 6.85. The van der Waals surface area contributed by atoms with E-state index in [4.69, 9.17) is 224 Å². The van der Waals surface area contributed by atoms with Gasteiger partial charge in [0.2, 0.25) is 0 Å². The van der Waals surface area contributed by atoms with E-state index in [9.17, 15) is 0 Å². The van der Waals surface area contributed by atoms with E-state index in [0.717, 1.165) is 0 Å². The zero-order valence-corrected chi connectivity index (χ0v) is 39.6. The van der Waals surface area contributed by atoms with Gasteiger partial charge in [0.1, 0.15) is 231 Å². The van der Waals surface area contributed by atoms with Crippen LogP contribution in [0.3, 0.4) is 0 Å². The minimum absolute atomic E-state index is 0.000821. The fraction of sp³-hybridized carbons (Fsp3) is 0. The van der Waals surface area contributed by atoms with Crippen LogP contribution < -0.4 is 153 Å². The van der Waals surface area contributed by atoms with Crippen molar-refractivity contribution in [2.24, 2.45) is 0 Å². The molecule has 274 valence electrons. The van der Waals surface area contributed by atoms with Gasteiger partial charge in [-0.15, -0.1) is 49.2 Å². The fourth-order valence-corrected chi connectivity index (χ4v) is 10.7. The summed E-state index contributed by atoms with van der Waals surface area (Å²) < 4.78 is 6.47. The molecule has 29 heteroatoms. The highest BCUT2D eigenvalue weighted by Gasteiger charge is 2.31. The molecule has 0 N–H and O–H groups in total. The SMILES string of the molecule is [B]c1c([B])c([B])c(-c2c([B])c([B])c3c([B])c(-c4c5c([B])c([B])c([B])c([B])c5c(-c5c([B])c([B])c6oc7c8c([B])c([B])c([B])c([B])c8c([B])c([B])c7c6c5[B])c5c([B])c([B])c([B])c([B])c45)c([B])c([B])c3c2[B])c([B])c1[B]. The largest absolute Gasteiger partial charge is 0.456 e. The lowest BCUT2D eigenvalue weighted by molar-refractivity contribution is 0.676. The fourth-order valence-electron chi connectivity index (χ4n) is 10.7. The lowest BCUT2D eigenvalue weighted by Gasteiger charge is -2.33. The maximum Gasteiger partial charge on any atom is 0.141 e. The van der Waals surface area contributed by atoms with Gasteiger partial charge >= 0.3 is 0 Å². The van der Waals surface area contributed by atoms with E-state index in [2.05, 4.69) is 0 Å². The van der Waals surface area contributed by atoms with Crippen LogP contribution in [0.15, 0.2) is 4.42 Å². The van der Waals surface area contributed by atoms with Crippen molar-refractivity contribution in [2.75, 3.05) is 0 Å². The summed E-state index contributed by atoms with van der Waals surface area (Å²) in [7, 11) is 190. The molecule has 0 fully saturated rings. The maximum atomic E-state index is 7.35. The van der Waals surface area contributed by atoms with Crippen molar-refractivity contribution < 1.29 is 4.42 Å². The average molecular weight is 871 g/mol. The molecule has 0 spiro atoms. The van der Waals surface area contributed by atoms with E-state index in [0.29, 0.717) is 0 Å². The first kappa shape index (κ1) is 54.0. The predicted octanol–water partition coefficient (Wildman–Crippen LogP) is -20.6. The van der Waals surface area contributed by atoms with E-state index >= 15 is 0 Å². The second kappa shape index (κ2) is 18.1. The van der Waals surface area contributed by atoms with Crippen LogP contribution in [0.1, 0.15) is 0 Å². The third-order valence-corrected chi connectivity index (χ3v) is 14.7. The van der Waals surface area contributed by atoms with Crippen LogP contribution in [-0.2, 0) is 0 Å². The van der Waals surface area contributed by atoms with Gasteiger partial charge in [-0.25, -0.2) is 0 Å². The van der Waals surface area contributed by atoms with Gasteiger partial charge in [0, 0.05) is 16.2 Å². The number of fused-ring (bicyclic) bond motifs is 8. The molecule has 0 saturated heterocycles. The Bertz CT molecular complexity index is 4330. The Morgan fingerprint density at radius 2 is 0.293 bits per heavy atom. The van der Waals surface area contributed by atoms with Crippen LogP contribution in [0.5, 0.6) is 0 Å². The summed E-state index contributed by atoms with van der Waals surface area (Å²) in [6.07, 6.45) is 0. The van der Waals surface area contributed by atoms with Gasteiger partial charge in [0.15, 0.2) is 0 Å². The zero-order valence-electron chi connectivity index (χ0n) is 39.6. The van der Waals surface area contributed by atoms with Crippen molar-refractivity contribution in [3.63, 3.8) is 0 Å². The summed E-state index contributed by atoms with van der Waals surface area (Å²) in [6, 6.07) is 0. The minimum Gasteiger partial charge on any atom is -0.456 e. The molecule has 0 saturated carbocycles. The Morgan fingerprint density at radius 3 is 0.667 bits per heavy atom. The standard InChI is InChI=1S/C46B28O/c47-17-7(24(54)25(55)10-9(17)26(56)27(57)11(18(10)48)12-29(59)40(70)43(73)41(71)30(12)60)1-3-5(22(52)37(67)35(65)20(3)50)2(6-4(1)21(51)36(66)38(68)23(6)53)8-19(49)15-16-33(63)28(58)13-14(34(64)42(72)39(69)31(13)61)45(16)75-46(15)44(74)32(8)62. The molecule has 0 aliphatic rings. The van der Waals surface area contributed by atoms with Crippen molar-refractivity contribution in [2.45, 2.75) is 0 Å². The molecule has 0 aliphatic carbocycles. The van der Waals surface area contributed by atoms with Crippen LogP contribution in [0.2, 0.25) is 0 Å². The number of hydrogen-bond acceptors (Lipinski definition) is 1. The summed E-state index contributed by atoms with van der Waals surface area (Å²) in [5.74, 6) is 0. The Hall–Kier alpha value is -4.36. The van der Waals surface area contributed by atoms with Crippen molar-refractivity contribution in [1.29, 1.82) is 0 Å². The second-order valence-electron chi connectivity index (χ2n) is 18.3. The monoisotopic (exact) mass is 876 g/mol. The first-order valence-corrected chi connectivity index (χ1v) is 22.0. The Morgan fingerprint density at radius 1 is 0.120 bits per heavy atom. The highest BCUT2D eigenvalue weighted by molar-refractivity contribution is 6.78.